The van der Waals surface area contributed by atoms with E-state index in [9.17, 15) is 0 Å². The van der Waals surface area contributed by atoms with Crippen molar-refractivity contribution >= 4 is 0 Å². The SMILES string of the molecule is c1ccc(-c2ccc3c(c2)-c2ccccc2C32c3ccccc3-c3cc(-c4cccc(-c5cccc(-c6nc(-c7ccccc7)nc(-c7ccccc7)n6)c5)c4)ccc32)cc1. The molecule has 0 radical (unpaired) electrons. The second kappa shape index (κ2) is 14.1. The van der Waals surface area contributed by atoms with Crippen molar-refractivity contribution in [3.8, 4) is 89.8 Å². The van der Waals surface area contributed by atoms with Gasteiger partial charge in [-0.05, 0) is 102 Å². The van der Waals surface area contributed by atoms with Crippen LogP contribution < -0.4 is 0 Å². The average molecular weight is 776 g/mol. The molecule has 1 heterocycles. The van der Waals surface area contributed by atoms with Gasteiger partial charge in [0.1, 0.15) is 0 Å². The van der Waals surface area contributed by atoms with Crippen LogP contribution in [0.15, 0.2) is 224 Å². The summed E-state index contributed by atoms with van der Waals surface area (Å²) >= 11 is 0. The Labute approximate surface area is 355 Å². The zero-order chi connectivity index (χ0) is 40.3. The van der Waals surface area contributed by atoms with Crippen molar-refractivity contribution in [2.24, 2.45) is 0 Å². The summed E-state index contributed by atoms with van der Waals surface area (Å²) in [7, 11) is 0. The third-order valence-corrected chi connectivity index (χ3v) is 12.5. The van der Waals surface area contributed by atoms with Crippen LogP contribution in [0.1, 0.15) is 22.3 Å². The minimum atomic E-state index is -0.399. The summed E-state index contributed by atoms with van der Waals surface area (Å²) < 4.78 is 0. The Morgan fingerprint density at radius 1 is 0.213 bits per heavy atom. The van der Waals surface area contributed by atoms with Gasteiger partial charge in [0.2, 0.25) is 0 Å². The standard InChI is InChI=1S/C58H37N3/c1-4-16-38(17-5-1)44-30-32-53-49(36-44)47-26-10-12-28-51(47)58(53)52-29-13-11-27-48(52)50-37-45(31-33-54(50)58)42-23-14-22-41(34-42)43-24-15-25-46(35-43)57-60-55(39-18-6-2-7-19-39)59-56(61-57)40-20-8-3-9-21-40/h1-37H. The number of nitrogens with zero attached hydrogens (tertiary/aromatic N) is 3. The van der Waals surface area contributed by atoms with Gasteiger partial charge in [-0.2, -0.15) is 0 Å². The molecule has 3 nitrogen and oxygen atoms in total. The van der Waals surface area contributed by atoms with Gasteiger partial charge in [0.05, 0.1) is 5.41 Å². The monoisotopic (exact) mass is 775 g/mol. The summed E-state index contributed by atoms with van der Waals surface area (Å²) in [4.78, 5) is 14.9. The van der Waals surface area contributed by atoms with Crippen molar-refractivity contribution in [2.75, 3.05) is 0 Å². The molecule has 0 aliphatic heterocycles. The molecule has 0 saturated carbocycles. The average Bonchev–Trinajstić information content (AvgIpc) is 3.81. The summed E-state index contributed by atoms with van der Waals surface area (Å²) in [6.45, 7) is 0. The highest BCUT2D eigenvalue weighted by atomic mass is 15.0. The van der Waals surface area contributed by atoms with Gasteiger partial charge in [0.25, 0.3) is 0 Å². The first kappa shape index (κ1) is 35.0. The van der Waals surface area contributed by atoms with E-state index in [1.165, 1.54) is 66.8 Å². The zero-order valence-electron chi connectivity index (χ0n) is 33.2. The van der Waals surface area contributed by atoms with Crippen LogP contribution in [0, 0.1) is 0 Å². The molecule has 9 aromatic carbocycles. The van der Waals surface area contributed by atoms with Gasteiger partial charge < -0.3 is 0 Å². The van der Waals surface area contributed by atoms with Gasteiger partial charge >= 0.3 is 0 Å². The minimum Gasteiger partial charge on any atom is -0.208 e. The lowest BCUT2D eigenvalue weighted by Gasteiger charge is -2.30. The molecule has 1 spiro atoms. The molecule has 1 atom stereocenters. The second-order valence-corrected chi connectivity index (χ2v) is 15.9. The van der Waals surface area contributed by atoms with Crippen LogP contribution in [0.3, 0.4) is 0 Å². The lowest BCUT2D eigenvalue weighted by atomic mass is 9.70. The molecule has 3 heteroatoms. The maximum absolute atomic E-state index is 5.01. The molecule has 10 aromatic rings. The highest BCUT2D eigenvalue weighted by molar-refractivity contribution is 5.97. The number of hydrogen-bond acceptors (Lipinski definition) is 3. The molecule has 12 rings (SSSR count). The van der Waals surface area contributed by atoms with Crippen molar-refractivity contribution in [1.82, 2.24) is 15.0 Å². The van der Waals surface area contributed by atoms with Crippen LogP contribution in [-0.2, 0) is 5.41 Å². The fourth-order valence-corrected chi connectivity index (χ4v) is 9.79. The first-order valence-electron chi connectivity index (χ1n) is 20.8. The Hall–Kier alpha value is -8.01. The van der Waals surface area contributed by atoms with E-state index in [2.05, 4.69) is 164 Å². The van der Waals surface area contributed by atoms with E-state index in [0.29, 0.717) is 17.5 Å². The van der Waals surface area contributed by atoms with E-state index >= 15 is 0 Å². The lowest BCUT2D eigenvalue weighted by molar-refractivity contribution is 0.794. The van der Waals surface area contributed by atoms with E-state index in [-0.39, 0.29) is 0 Å². The second-order valence-electron chi connectivity index (χ2n) is 15.9. The van der Waals surface area contributed by atoms with E-state index in [1.807, 2.05) is 60.7 Å². The topological polar surface area (TPSA) is 38.7 Å². The predicted molar refractivity (Wildman–Crippen MR) is 249 cm³/mol. The Balaban J connectivity index is 0.951. The number of hydrogen-bond donors (Lipinski definition) is 0. The van der Waals surface area contributed by atoms with Crippen LogP contribution in [-0.4, -0.2) is 15.0 Å². The quantitative estimate of drug-likeness (QED) is 0.169. The van der Waals surface area contributed by atoms with Crippen LogP contribution in [0.5, 0.6) is 0 Å². The Morgan fingerprint density at radius 3 is 1.03 bits per heavy atom. The fraction of sp³-hybridized carbons (Fsp3) is 0.0172. The molecule has 284 valence electrons. The molecule has 2 aliphatic carbocycles. The molecule has 0 amide bonds. The number of benzene rings is 9. The van der Waals surface area contributed by atoms with Crippen LogP contribution >= 0.6 is 0 Å². The molecule has 61 heavy (non-hydrogen) atoms. The normalized spacial score (nSPS) is 14.3. The van der Waals surface area contributed by atoms with E-state index in [1.54, 1.807) is 0 Å². The third kappa shape index (κ3) is 5.62. The van der Waals surface area contributed by atoms with E-state index < -0.39 is 5.41 Å². The molecular weight excluding hydrogens is 739 g/mol. The Kier molecular flexibility index (Phi) is 8.07. The summed E-state index contributed by atoms with van der Waals surface area (Å²) in [5.41, 5.74) is 20.1. The molecular formula is C58H37N3. The Bertz CT molecular complexity index is 3240. The summed E-state index contributed by atoms with van der Waals surface area (Å²) in [6.07, 6.45) is 0. The number of fused-ring (bicyclic) bond motifs is 10. The van der Waals surface area contributed by atoms with E-state index in [4.69, 9.17) is 15.0 Å². The highest BCUT2D eigenvalue weighted by Crippen LogP contribution is 2.63. The number of rotatable bonds is 6. The molecule has 0 N–H and O–H groups in total. The summed E-state index contributed by atoms with van der Waals surface area (Å²) in [5.74, 6) is 1.94. The fourth-order valence-electron chi connectivity index (χ4n) is 9.79. The van der Waals surface area contributed by atoms with Gasteiger partial charge in [-0.15, -0.1) is 0 Å². The van der Waals surface area contributed by atoms with Crippen molar-refractivity contribution in [3.63, 3.8) is 0 Å². The largest absolute Gasteiger partial charge is 0.208 e. The van der Waals surface area contributed by atoms with Crippen LogP contribution in [0.2, 0.25) is 0 Å². The Morgan fingerprint density at radius 2 is 0.541 bits per heavy atom. The number of aromatic nitrogens is 3. The predicted octanol–water partition coefficient (Wildman–Crippen LogP) is 14.2. The van der Waals surface area contributed by atoms with Gasteiger partial charge in [-0.1, -0.05) is 200 Å². The third-order valence-electron chi connectivity index (χ3n) is 12.5. The van der Waals surface area contributed by atoms with Crippen molar-refractivity contribution < 1.29 is 0 Å². The van der Waals surface area contributed by atoms with Gasteiger partial charge in [-0.3, -0.25) is 0 Å². The van der Waals surface area contributed by atoms with Crippen LogP contribution in [0.25, 0.3) is 89.8 Å². The van der Waals surface area contributed by atoms with Crippen molar-refractivity contribution in [1.29, 1.82) is 0 Å². The molecule has 0 saturated heterocycles. The maximum atomic E-state index is 5.01. The van der Waals surface area contributed by atoms with Gasteiger partial charge in [0, 0.05) is 16.7 Å². The maximum Gasteiger partial charge on any atom is 0.164 e. The minimum absolute atomic E-state index is 0.399. The molecule has 0 bridgehead atoms. The van der Waals surface area contributed by atoms with Gasteiger partial charge in [0.15, 0.2) is 17.5 Å². The summed E-state index contributed by atoms with van der Waals surface area (Å²) in [6, 6.07) is 80.7. The van der Waals surface area contributed by atoms with E-state index in [0.717, 1.165) is 27.8 Å². The van der Waals surface area contributed by atoms with Gasteiger partial charge in [-0.25, -0.2) is 15.0 Å². The van der Waals surface area contributed by atoms with Crippen molar-refractivity contribution in [2.45, 2.75) is 5.41 Å². The molecule has 1 aromatic heterocycles. The first-order chi connectivity index (χ1) is 30.2. The van der Waals surface area contributed by atoms with Crippen LogP contribution in [0.4, 0.5) is 0 Å². The smallest absolute Gasteiger partial charge is 0.164 e. The zero-order valence-corrected chi connectivity index (χ0v) is 33.2. The molecule has 1 unspecified atom stereocenters. The lowest BCUT2D eigenvalue weighted by Crippen LogP contribution is -2.25. The van der Waals surface area contributed by atoms with Crippen molar-refractivity contribution in [3.05, 3.63) is 247 Å². The molecule has 0 fully saturated rings. The molecule has 2 aliphatic rings. The first-order valence-corrected chi connectivity index (χ1v) is 20.8. The highest BCUT2D eigenvalue weighted by Gasteiger charge is 2.51. The summed E-state index contributed by atoms with van der Waals surface area (Å²) in [5, 5.41) is 0.